The fourth-order valence-electron chi connectivity index (χ4n) is 6.34. The van der Waals surface area contributed by atoms with Crippen molar-refractivity contribution in [1.29, 1.82) is 0 Å². The first-order chi connectivity index (χ1) is 25.2. The molecule has 15 heteroatoms. The highest BCUT2D eigenvalue weighted by molar-refractivity contribution is 5.92. The summed E-state index contributed by atoms with van der Waals surface area (Å²) in [6.45, 7) is 24.2. The van der Waals surface area contributed by atoms with Crippen molar-refractivity contribution in [3.8, 4) is 0 Å². The van der Waals surface area contributed by atoms with Gasteiger partial charge in [0.15, 0.2) is 0 Å². The molecule has 1 N–H and O–H groups in total. The zero-order valence-electron chi connectivity index (χ0n) is 35.4. The molecule has 0 saturated carbocycles. The van der Waals surface area contributed by atoms with E-state index < -0.39 is 46.9 Å². The minimum absolute atomic E-state index is 0.00473. The summed E-state index contributed by atoms with van der Waals surface area (Å²) in [4.78, 5) is 98.2. The lowest BCUT2D eigenvalue weighted by Crippen LogP contribution is -2.45. The van der Waals surface area contributed by atoms with Crippen LogP contribution >= 0.6 is 0 Å². The van der Waals surface area contributed by atoms with Crippen LogP contribution in [0.4, 0.5) is 0 Å². The molecule has 0 aromatic heterocycles. The molecule has 0 spiro atoms. The highest BCUT2D eigenvalue weighted by Gasteiger charge is 2.41. The van der Waals surface area contributed by atoms with Crippen molar-refractivity contribution >= 4 is 47.7 Å². The molecule has 0 aliphatic carbocycles. The van der Waals surface area contributed by atoms with Crippen LogP contribution in [0.5, 0.6) is 0 Å². The summed E-state index contributed by atoms with van der Waals surface area (Å²) >= 11 is 0. The molecule has 0 aromatic rings. The monoisotopic (exact) mass is 781 g/mol. The summed E-state index contributed by atoms with van der Waals surface area (Å²) < 4.78 is 16.0. The van der Waals surface area contributed by atoms with Gasteiger partial charge in [-0.05, 0) is 88.5 Å². The standard InChI is InChI=1S/C14H23NO4.C13H23NO4.C13H21NO4/c1-6-11(13(18)19-14(3,4)5)15-8-10(9(2)16)7-12(15)17;2*1-5-10(12(17)18-13(2,3)4)14-7-9(8-15)6-11(14)16/h10-11H,6-8H2,1-5H3;9-10,15H,5-8H2,1-4H3;8-10H,5-7H2,1-4H3. The van der Waals surface area contributed by atoms with Crippen LogP contribution in [0.25, 0.3) is 0 Å². The topological polar surface area (TPSA) is 194 Å². The van der Waals surface area contributed by atoms with Crippen LogP contribution in [-0.2, 0) is 52.6 Å². The fourth-order valence-corrected chi connectivity index (χ4v) is 6.34. The Morgan fingerprint density at radius 1 is 0.636 bits per heavy atom. The van der Waals surface area contributed by atoms with Gasteiger partial charge in [0.1, 0.15) is 47.0 Å². The van der Waals surface area contributed by atoms with Gasteiger partial charge in [0.05, 0.1) is 0 Å². The fraction of sp³-hybridized carbons (Fsp3) is 0.800. The van der Waals surface area contributed by atoms with Gasteiger partial charge in [-0.2, -0.15) is 0 Å². The second kappa shape index (κ2) is 20.9. The number of esters is 3. The molecule has 3 fully saturated rings. The maximum Gasteiger partial charge on any atom is 0.329 e. The van der Waals surface area contributed by atoms with E-state index in [9.17, 15) is 38.4 Å². The lowest BCUT2D eigenvalue weighted by molar-refractivity contribution is -0.164. The van der Waals surface area contributed by atoms with Gasteiger partial charge in [0.2, 0.25) is 17.7 Å². The summed E-state index contributed by atoms with van der Waals surface area (Å²) in [5.41, 5.74) is -1.70. The highest BCUT2D eigenvalue weighted by Crippen LogP contribution is 2.26. The van der Waals surface area contributed by atoms with Crippen LogP contribution in [-0.4, -0.2) is 129 Å². The summed E-state index contributed by atoms with van der Waals surface area (Å²) in [5, 5.41) is 9.09. The van der Waals surface area contributed by atoms with E-state index in [-0.39, 0.29) is 66.7 Å². The molecular formula is C40H67N3O12. The predicted molar refractivity (Wildman–Crippen MR) is 203 cm³/mol. The summed E-state index contributed by atoms with van der Waals surface area (Å²) in [6.07, 6.45) is 3.00. The van der Waals surface area contributed by atoms with Gasteiger partial charge in [0, 0.05) is 63.3 Å². The summed E-state index contributed by atoms with van der Waals surface area (Å²) in [6, 6.07) is -1.70. The molecule has 314 valence electrons. The molecule has 3 saturated heterocycles. The first-order valence-corrected chi connectivity index (χ1v) is 19.4. The molecular weight excluding hydrogens is 714 g/mol. The van der Waals surface area contributed by atoms with Gasteiger partial charge >= 0.3 is 17.9 Å². The Labute approximate surface area is 327 Å². The van der Waals surface area contributed by atoms with E-state index in [2.05, 4.69) is 0 Å². The van der Waals surface area contributed by atoms with E-state index >= 15 is 0 Å². The Balaban J connectivity index is 0.000000413. The van der Waals surface area contributed by atoms with Crippen molar-refractivity contribution < 1.29 is 57.7 Å². The second-order valence-electron chi connectivity index (χ2n) is 17.4. The van der Waals surface area contributed by atoms with Crippen molar-refractivity contribution in [2.24, 2.45) is 17.8 Å². The third kappa shape index (κ3) is 16.0. The molecule has 0 aromatic carbocycles. The zero-order valence-corrected chi connectivity index (χ0v) is 35.4. The smallest absolute Gasteiger partial charge is 0.329 e. The molecule has 3 heterocycles. The van der Waals surface area contributed by atoms with E-state index in [1.165, 1.54) is 21.6 Å². The molecule has 3 aliphatic rings. The Bertz CT molecular complexity index is 1380. The molecule has 3 aliphatic heterocycles. The molecule has 6 atom stereocenters. The van der Waals surface area contributed by atoms with E-state index in [1.54, 1.807) is 62.3 Å². The Morgan fingerprint density at radius 2 is 0.982 bits per heavy atom. The number of Topliss-reactive ketones (excluding diaryl/α,β-unsaturated/α-hetero) is 1. The van der Waals surface area contributed by atoms with Crippen molar-refractivity contribution in [2.75, 3.05) is 26.2 Å². The molecule has 15 nitrogen and oxygen atoms in total. The first kappa shape index (κ1) is 49.1. The number of aliphatic hydroxyl groups excluding tert-OH is 1. The van der Waals surface area contributed by atoms with Crippen LogP contribution in [0.15, 0.2) is 0 Å². The number of hydrogen-bond donors (Lipinski definition) is 1. The number of amides is 3. The minimum atomic E-state index is -0.587. The molecule has 3 rings (SSSR count). The van der Waals surface area contributed by atoms with Gasteiger partial charge in [-0.15, -0.1) is 0 Å². The van der Waals surface area contributed by atoms with Crippen molar-refractivity contribution in [2.45, 2.75) is 163 Å². The van der Waals surface area contributed by atoms with Gasteiger partial charge in [-0.25, -0.2) is 14.4 Å². The number of carbonyl (C=O) groups excluding carboxylic acids is 8. The van der Waals surface area contributed by atoms with Gasteiger partial charge < -0.3 is 38.8 Å². The minimum Gasteiger partial charge on any atom is -0.458 e. The lowest BCUT2D eigenvalue weighted by atomic mass is 10.1. The number of aliphatic hydroxyl groups is 1. The van der Waals surface area contributed by atoms with Crippen molar-refractivity contribution in [3.63, 3.8) is 0 Å². The molecule has 55 heavy (non-hydrogen) atoms. The van der Waals surface area contributed by atoms with E-state index in [0.717, 1.165) is 6.29 Å². The third-order valence-corrected chi connectivity index (χ3v) is 8.94. The Morgan fingerprint density at radius 3 is 1.25 bits per heavy atom. The summed E-state index contributed by atoms with van der Waals surface area (Å²) in [7, 11) is 0. The van der Waals surface area contributed by atoms with E-state index in [1.807, 2.05) is 20.8 Å². The lowest BCUT2D eigenvalue weighted by Gasteiger charge is -2.29. The maximum absolute atomic E-state index is 12.1. The number of aldehydes is 1. The average Bonchev–Trinajstić information content (AvgIpc) is 3.73. The largest absolute Gasteiger partial charge is 0.458 e. The van der Waals surface area contributed by atoms with Gasteiger partial charge in [0.25, 0.3) is 0 Å². The molecule has 0 radical (unpaired) electrons. The predicted octanol–water partition coefficient (Wildman–Crippen LogP) is 3.65. The summed E-state index contributed by atoms with van der Waals surface area (Å²) in [5.74, 6) is -2.18. The SMILES string of the molecule is CCC(C(=O)OC(C)(C)C)N1CC(C(C)=O)CC1=O.CCC(C(=O)OC(C)(C)C)N1CC(C=O)CC1=O.CCC(C(=O)OC(C)(C)C)N1CC(CO)CC1=O. The van der Waals surface area contributed by atoms with Crippen LogP contribution in [0, 0.1) is 17.8 Å². The van der Waals surface area contributed by atoms with E-state index in [4.69, 9.17) is 19.3 Å². The van der Waals surface area contributed by atoms with E-state index in [0.29, 0.717) is 45.3 Å². The highest BCUT2D eigenvalue weighted by atomic mass is 16.6. The maximum atomic E-state index is 12.1. The normalized spacial score (nSPS) is 21.8. The van der Waals surface area contributed by atoms with Crippen molar-refractivity contribution in [1.82, 2.24) is 14.7 Å². The van der Waals surface area contributed by atoms with Crippen molar-refractivity contribution in [3.05, 3.63) is 0 Å². The number of carbonyl (C=O) groups is 8. The van der Waals surface area contributed by atoms with Gasteiger partial charge in [-0.3, -0.25) is 19.2 Å². The number of hydrogen-bond acceptors (Lipinski definition) is 12. The molecule has 6 unspecified atom stereocenters. The second-order valence-corrected chi connectivity index (χ2v) is 17.4. The third-order valence-electron chi connectivity index (χ3n) is 8.94. The Hall–Kier alpha value is -3.88. The average molecular weight is 782 g/mol. The number of nitrogens with zero attached hydrogens (tertiary/aromatic N) is 3. The number of ether oxygens (including phenoxy) is 3. The quantitative estimate of drug-likeness (QED) is 0.172. The Kier molecular flexibility index (Phi) is 18.6. The van der Waals surface area contributed by atoms with Gasteiger partial charge in [-0.1, -0.05) is 20.8 Å². The number of likely N-dealkylation sites (tertiary alicyclic amines) is 3. The van der Waals surface area contributed by atoms with Crippen LogP contribution in [0.2, 0.25) is 0 Å². The zero-order chi connectivity index (χ0) is 42.6. The number of ketones is 1. The number of rotatable bonds is 12. The first-order valence-electron chi connectivity index (χ1n) is 19.4. The van der Waals surface area contributed by atoms with Crippen LogP contribution in [0.1, 0.15) is 129 Å². The molecule has 0 bridgehead atoms. The van der Waals surface area contributed by atoms with Crippen LogP contribution in [0.3, 0.4) is 0 Å². The van der Waals surface area contributed by atoms with Crippen LogP contribution < -0.4 is 0 Å². The molecule has 3 amide bonds.